The largest absolute Gasteiger partial charge is 0.478 e. The van der Waals surface area contributed by atoms with Crippen LogP contribution < -0.4 is 0 Å². The van der Waals surface area contributed by atoms with Gasteiger partial charge in [-0.25, -0.2) is 4.79 Å². The maximum atomic E-state index is 10.5. The summed E-state index contributed by atoms with van der Waals surface area (Å²) in [5.74, 6) is -0.837. The third kappa shape index (κ3) is 2.94. The topological polar surface area (TPSA) is 40.5 Å². The zero-order valence-corrected chi connectivity index (χ0v) is 9.10. The lowest BCUT2D eigenvalue weighted by Crippen LogP contribution is -2.18. The summed E-state index contributed by atoms with van der Waals surface area (Å²) in [5.41, 5.74) is 2.29. The number of carbonyl (C=O) groups is 1. The van der Waals surface area contributed by atoms with E-state index in [0.717, 1.165) is 31.6 Å². The van der Waals surface area contributed by atoms with Gasteiger partial charge in [-0.3, -0.25) is 4.90 Å². The highest BCUT2D eigenvalue weighted by molar-refractivity contribution is 5.80. The molecule has 3 nitrogen and oxygen atoms in total. The van der Waals surface area contributed by atoms with Gasteiger partial charge in [0.15, 0.2) is 0 Å². The molecule has 1 N–H and O–H groups in total. The van der Waals surface area contributed by atoms with Gasteiger partial charge < -0.3 is 5.11 Å². The second-order valence-electron chi connectivity index (χ2n) is 4.09. The number of rotatable bonds is 3. The zero-order chi connectivity index (χ0) is 11.4. The SMILES string of the molecule is O=C(O)C=C1CCN(Cc2ccccc2)C1. The van der Waals surface area contributed by atoms with Gasteiger partial charge in [-0.1, -0.05) is 30.3 Å². The van der Waals surface area contributed by atoms with Gasteiger partial charge in [0, 0.05) is 25.7 Å². The lowest BCUT2D eigenvalue weighted by Gasteiger charge is -2.13. The molecule has 0 bridgehead atoms. The van der Waals surface area contributed by atoms with Crippen LogP contribution in [0.5, 0.6) is 0 Å². The number of carboxylic acids is 1. The Labute approximate surface area is 95.0 Å². The summed E-state index contributed by atoms with van der Waals surface area (Å²) in [6.45, 7) is 2.63. The van der Waals surface area contributed by atoms with E-state index in [1.165, 1.54) is 11.6 Å². The smallest absolute Gasteiger partial charge is 0.328 e. The van der Waals surface area contributed by atoms with Gasteiger partial charge in [-0.05, 0) is 17.6 Å². The van der Waals surface area contributed by atoms with Gasteiger partial charge in [0.25, 0.3) is 0 Å². The normalized spacial score (nSPS) is 19.1. The molecule has 1 aliphatic heterocycles. The molecule has 0 aliphatic carbocycles. The van der Waals surface area contributed by atoms with E-state index in [4.69, 9.17) is 5.11 Å². The summed E-state index contributed by atoms with van der Waals surface area (Å²) < 4.78 is 0. The van der Waals surface area contributed by atoms with Crippen LogP contribution in [-0.4, -0.2) is 29.1 Å². The summed E-state index contributed by atoms with van der Waals surface area (Å²) in [6, 6.07) is 10.2. The second-order valence-corrected chi connectivity index (χ2v) is 4.09. The monoisotopic (exact) mass is 217 g/mol. The number of likely N-dealkylation sites (tertiary alicyclic amines) is 1. The lowest BCUT2D eigenvalue weighted by molar-refractivity contribution is -0.131. The fourth-order valence-electron chi connectivity index (χ4n) is 2.02. The Hall–Kier alpha value is -1.61. The predicted molar refractivity (Wildman–Crippen MR) is 62.1 cm³/mol. The quantitative estimate of drug-likeness (QED) is 0.786. The summed E-state index contributed by atoms with van der Waals surface area (Å²) in [4.78, 5) is 12.8. The fraction of sp³-hybridized carbons (Fsp3) is 0.308. The highest BCUT2D eigenvalue weighted by Crippen LogP contribution is 2.17. The molecule has 1 heterocycles. The van der Waals surface area contributed by atoms with Crippen molar-refractivity contribution in [3.05, 3.63) is 47.5 Å². The van der Waals surface area contributed by atoms with E-state index in [2.05, 4.69) is 17.0 Å². The molecule has 0 unspecified atom stereocenters. The first-order valence-corrected chi connectivity index (χ1v) is 5.43. The van der Waals surface area contributed by atoms with Crippen LogP contribution in [0.3, 0.4) is 0 Å². The van der Waals surface area contributed by atoms with Crippen molar-refractivity contribution in [2.24, 2.45) is 0 Å². The standard InChI is InChI=1S/C13H15NO2/c15-13(16)8-12-6-7-14(10-12)9-11-4-2-1-3-5-11/h1-5,8H,6-7,9-10H2,(H,15,16). The first kappa shape index (κ1) is 10.9. The van der Waals surface area contributed by atoms with Gasteiger partial charge in [-0.15, -0.1) is 0 Å². The zero-order valence-electron chi connectivity index (χ0n) is 9.10. The Morgan fingerprint density at radius 2 is 2.12 bits per heavy atom. The second kappa shape index (κ2) is 4.94. The molecule has 1 saturated heterocycles. The first-order chi connectivity index (χ1) is 7.74. The van der Waals surface area contributed by atoms with Crippen molar-refractivity contribution in [3.63, 3.8) is 0 Å². The molecule has 2 rings (SSSR count). The maximum absolute atomic E-state index is 10.5. The van der Waals surface area contributed by atoms with Gasteiger partial charge in [0.2, 0.25) is 0 Å². The number of aliphatic carboxylic acids is 1. The highest BCUT2D eigenvalue weighted by atomic mass is 16.4. The summed E-state index contributed by atoms with van der Waals surface area (Å²) in [5, 5.41) is 8.65. The average Bonchev–Trinajstić information content (AvgIpc) is 2.66. The molecule has 0 spiro atoms. The molecule has 3 heteroatoms. The van der Waals surface area contributed by atoms with Crippen LogP contribution in [0.4, 0.5) is 0 Å². The molecule has 0 saturated carbocycles. The van der Waals surface area contributed by atoms with E-state index in [0.29, 0.717) is 0 Å². The van der Waals surface area contributed by atoms with Crippen molar-refractivity contribution in [1.82, 2.24) is 4.90 Å². The molecular weight excluding hydrogens is 202 g/mol. The van der Waals surface area contributed by atoms with Gasteiger partial charge in [-0.2, -0.15) is 0 Å². The van der Waals surface area contributed by atoms with Crippen molar-refractivity contribution in [3.8, 4) is 0 Å². The van der Waals surface area contributed by atoms with E-state index >= 15 is 0 Å². The van der Waals surface area contributed by atoms with E-state index < -0.39 is 5.97 Å². The highest BCUT2D eigenvalue weighted by Gasteiger charge is 2.17. The van der Waals surface area contributed by atoms with Crippen LogP contribution >= 0.6 is 0 Å². The van der Waals surface area contributed by atoms with Crippen molar-refractivity contribution >= 4 is 5.97 Å². The van der Waals surface area contributed by atoms with Crippen LogP contribution in [0.25, 0.3) is 0 Å². The van der Waals surface area contributed by atoms with E-state index in [9.17, 15) is 4.79 Å². The minimum atomic E-state index is -0.837. The van der Waals surface area contributed by atoms with E-state index in [1.807, 2.05) is 18.2 Å². The Kier molecular flexibility index (Phi) is 3.37. The van der Waals surface area contributed by atoms with Crippen molar-refractivity contribution in [2.45, 2.75) is 13.0 Å². The minimum absolute atomic E-state index is 0.779. The Bertz CT molecular complexity index is 398. The van der Waals surface area contributed by atoms with Crippen LogP contribution in [0.1, 0.15) is 12.0 Å². The number of hydrogen-bond donors (Lipinski definition) is 1. The molecule has 0 amide bonds. The van der Waals surface area contributed by atoms with Crippen molar-refractivity contribution < 1.29 is 9.90 Å². The third-order valence-electron chi connectivity index (χ3n) is 2.75. The number of carboxylic acid groups (broad SMARTS) is 1. The summed E-state index contributed by atoms with van der Waals surface area (Å²) in [6.07, 6.45) is 2.21. The molecule has 0 radical (unpaired) electrons. The van der Waals surface area contributed by atoms with E-state index in [-0.39, 0.29) is 0 Å². The number of hydrogen-bond acceptors (Lipinski definition) is 2. The Morgan fingerprint density at radius 3 is 2.81 bits per heavy atom. The van der Waals surface area contributed by atoms with Gasteiger partial charge in [0.1, 0.15) is 0 Å². The molecule has 0 aromatic heterocycles. The van der Waals surface area contributed by atoms with Crippen molar-refractivity contribution in [2.75, 3.05) is 13.1 Å². The molecule has 1 aromatic carbocycles. The predicted octanol–water partition coefficient (Wildman–Crippen LogP) is 1.90. The molecule has 1 aromatic rings. The molecular formula is C13H15NO2. The summed E-state index contributed by atoms with van der Waals surface area (Å²) >= 11 is 0. The fourth-order valence-corrected chi connectivity index (χ4v) is 2.02. The van der Waals surface area contributed by atoms with Gasteiger partial charge in [0.05, 0.1) is 0 Å². The summed E-state index contributed by atoms with van der Waals surface area (Å²) in [7, 11) is 0. The average molecular weight is 217 g/mol. The van der Waals surface area contributed by atoms with Gasteiger partial charge >= 0.3 is 5.97 Å². The number of nitrogens with zero attached hydrogens (tertiary/aromatic N) is 1. The van der Waals surface area contributed by atoms with Crippen LogP contribution in [0, 0.1) is 0 Å². The molecule has 16 heavy (non-hydrogen) atoms. The molecule has 0 atom stereocenters. The number of benzene rings is 1. The maximum Gasteiger partial charge on any atom is 0.328 e. The Morgan fingerprint density at radius 1 is 1.38 bits per heavy atom. The molecule has 84 valence electrons. The van der Waals surface area contributed by atoms with Crippen LogP contribution in [-0.2, 0) is 11.3 Å². The molecule has 1 aliphatic rings. The Balaban J connectivity index is 1.93. The van der Waals surface area contributed by atoms with Crippen LogP contribution in [0.15, 0.2) is 42.0 Å². The van der Waals surface area contributed by atoms with E-state index in [1.54, 1.807) is 0 Å². The minimum Gasteiger partial charge on any atom is -0.478 e. The van der Waals surface area contributed by atoms with Crippen LogP contribution in [0.2, 0.25) is 0 Å². The first-order valence-electron chi connectivity index (χ1n) is 5.43. The third-order valence-corrected chi connectivity index (χ3v) is 2.75. The lowest BCUT2D eigenvalue weighted by atomic mass is 10.2. The van der Waals surface area contributed by atoms with Crippen molar-refractivity contribution in [1.29, 1.82) is 0 Å². The molecule has 1 fully saturated rings.